The van der Waals surface area contributed by atoms with Crippen LogP contribution in [0.15, 0.2) is 108 Å². The molecule has 0 radical (unpaired) electrons. The quantitative estimate of drug-likeness (QED) is 0.228. The number of nitrogens with zero attached hydrogens (tertiary/aromatic N) is 1. The second-order valence-electron chi connectivity index (χ2n) is 8.06. The third kappa shape index (κ3) is 4.84. The van der Waals surface area contributed by atoms with Gasteiger partial charge in [-0.25, -0.2) is 5.43 Å². The van der Waals surface area contributed by atoms with Crippen LogP contribution in [0.4, 0.5) is 0 Å². The third-order valence-electron chi connectivity index (χ3n) is 5.86. The number of fused-ring (bicyclic) bond motifs is 2. The topological polar surface area (TPSA) is 59.9 Å². The van der Waals surface area contributed by atoms with E-state index in [-0.39, 0.29) is 5.91 Å². The first-order valence-corrected chi connectivity index (χ1v) is 11.3. The van der Waals surface area contributed by atoms with Gasteiger partial charge in [0.2, 0.25) is 0 Å². The highest BCUT2D eigenvalue weighted by Gasteiger charge is 2.13. The van der Waals surface area contributed by atoms with Crippen LogP contribution in [0.3, 0.4) is 0 Å². The molecule has 5 nitrogen and oxygen atoms in total. The van der Waals surface area contributed by atoms with Crippen molar-refractivity contribution >= 4 is 33.7 Å². The van der Waals surface area contributed by atoms with Gasteiger partial charge in [0.1, 0.15) is 18.1 Å². The molecule has 0 aliphatic heterocycles. The molecule has 0 saturated heterocycles. The number of amides is 1. The van der Waals surface area contributed by atoms with Gasteiger partial charge in [-0.3, -0.25) is 4.79 Å². The Labute approximate surface area is 203 Å². The summed E-state index contributed by atoms with van der Waals surface area (Å²) < 4.78 is 11.6. The van der Waals surface area contributed by atoms with Gasteiger partial charge in [-0.2, -0.15) is 5.10 Å². The smallest absolute Gasteiger partial charge is 0.275 e. The highest BCUT2D eigenvalue weighted by molar-refractivity contribution is 6.02. The molecule has 1 amide bonds. The van der Waals surface area contributed by atoms with Crippen molar-refractivity contribution in [2.24, 2.45) is 5.10 Å². The number of hydrogen-bond donors (Lipinski definition) is 1. The molecule has 0 spiro atoms. The molecule has 0 atom stereocenters. The van der Waals surface area contributed by atoms with Crippen molar-refractivity contribution in [3.8, 4) is 11.5 Å². The zero-order chi connectivity index (χ0) is 24.0. The standard InChI is InChI=1S/C30H24N2O3/c1-34-29-18-23-11-3-2-10-22(23)17-27(29)30(33)32-31-19-24-12-5-7-16-28(24)35-20-25-14-8-13-21-9-4-6-15-26(21)25/h2-19H,20H2,1H3,(H,32,33). The maximum atomic E-state index is 12.8. The highest BCUT2D eigenvalue weighted by Crippen LogP contribution is 2.26. The number of rotatable bonds is 7. The Kier molecular flexibility index (Phi) is 6.39. The van der Waals surface area contributed by atoms with Crippen molar-refractivity contribution in [3.05, 3.63) is 120 Å². The Morgan fingerprint density at radius 2 is 1.49 bits per heavy atom. The minimum Gasteiger partial charge on any atom is -0.496 e. The molecule has 0 aromatic heterocycles. The van der Waals surface area contributed by atoms with Crippen LogP contribution in [-0.2, 0) is 6.61 Å². The molecule has 5 rings (SSSR count). The van der Waals surface area contributed by atoms with Crippen LogP contribution < -0.4 is 14.9 Å². The van der Waals surface area contributed by atoms with E-state index in [1.165, 1.54) is 5.39 Å². The minimum atomic E-state index is -0.349. The normalized spacial score (nSPS) is 11.1. The fourth-order valence-electron chi connectivity index (χ4n) is 4.08. The molecule has 5 aromatic carbocycles. The van der Waals surface area contributed by atoms with Gasteiger partial charge in [-0.05, 0) is 51.4 Å². The molecule has 5 heteroatoms. The predicted molar refractivity (Wildman–Crippen MR) is 140 cm³/mol. The van der Waals surface area contributed by atoms with Gasteiger partial charge in [0.05, 0.1) is 18.9 Å². The molecule has 172 valence electrons. The summed E-state index contributed by atoms with van der Waals surface area (Å²) in [6, 6.07) is 33.5. The lowest BCUT2D eigenvalue weighted by Gasteiger charge is -2.11. The summed E-state index contributed by atoms with van der Waals surface area (Å²) >= 11 is 0. The molecular weight excluding hydrogens is 436 g/mol. The van der Waals surface area contributed by atoms with Crippen molar-refractivity contribution in [2.75, 3.05) is 7.11 Å². The lowest BCUT2D eigenvalue weighted by atomic mass is 10.1. The summed E-state index contributed by atoms with van der Waals surface area (Å²) in [6.07, 6.45) is 1.59. The van der Waals surface area contributed by atoms with Crippen LogP contribution >= 0.6 is 0 Å². The van der Waals surface area contributed by atoms with Crippen LogP contribution in [0.25, 0.3) is 21.5 Å². The van der Waals surface area contributed by atoms with Crippen LogP contribution in [0.2, 0.25) is 0 Å². The average molecular weight is 461 g/mol. The number of hydrazone groups is 1. The highest BCUT2D eigenvalue weighted by atomic mass is 16.5. The largest absolute Gasteiger partial charge is 0.496 e. The van der Waals surface area contributed by atoms with Crippen LogP contribution in [0.5, 0.6) is 11.5 Å². The van der Waals surface area contributed by atoms with E-state index in [1.54, 1.807) is 19.4 Å². The molecule has 35 heavy (non-hydrogen) atoms. The lowest BCUT2D eigenvalue weighted by Crippen LogP contribution is -2.18. The van der Waals surface area contributed by atoms with E-state index in [0.717, 1.165) is 27.3 Å². The Hall–Kier alpha value is -4.64. The number of hydrogen-bond acceptors (Lipinski definition) is 4. The SMILES string of the molecule is COc1cc2ccccc2cc1C(=O)NN=Cc1ccccc1OCc1cccc2ccccc12. The fraction of sp³-hybridized carbons (Fsp3) is 0.0667. The van der Waals surface area contributed by atoms with Gasteiger partial charge in [0.25, 0.3) is 5.91 Å². The number of para-hydroxylation sites is 1. The van der Waals surface area contributed by atoms with Gasteiger partial charge in [0.15, 0.2) is 0 Å². The Morgan fingerprint density at radius 3 is 2.31 bits per heavy atom. The van der Waals surface area contributed by atoms with Crippen molar-refractivity contribution in [3.63, 3.8) is 0 Å². The second kappa shape index (κ2) is 10.1. The number of carbonyl (C=O) groups is 1. The molecule has 5 aromatic rings. The Bertz CT molecular complexity index is 1540. The molecule has 0 aliphatic carbocycles. The summed E-state index contributed by atoms with van der Waals surface area (Å²) in [7, 11) is 1.55. The molecular formula is C30H24N2O3. The third-order valence-corrected chi connectivity index (χ3v) is 5.86. The van der Waals surface area contributed by atoms with E-state index in [9.17, 15) is 4.79 Å². The molecule has 0 fully saturated rings. The van der Waals surface area contributed by atoms with Crippen molar-refractivity contribution in [2.45, 2.75) is 6.61 Å². The number of nitrogens with one attached hydrogen (secondary N) is 1. The van der Waals surface area contributed by atoms with E-state index in [1.807, 2.05) is 72.8 Å². The predicted octanol–water partition coefficient (Wildman–Crippen LogP) is 6.34. The van der Waals surface area contributed by atoms with Crippen LogP contribution in [0.1, 0.15) is 21.5 Å². The first kappa shape index (κ1) is 22.2. The number of benzene rings is 5. The van der Waals surface area contributed by atoms with Crippen LogP contribution in [-0.4, -0.2) is 19.2 Å². The van der Waals surface area contributed by atoms with E-state index in [0.29, 0.717) is 23.7 Å². The summed E-state index contributed by atoms with van der Waals surface area (Å²) in [5.74, 6) is 0.829. The summed E-state index contributed by atoms with van der Waals surface area (Å²) in [4.78, 5) is 12.8. The monoisotopic (exact) mass is 460 g/mol. The van der Waals surface area contributed by atoms with Crippen LogP contribution in [0, 0.1) is 0 Å². The van der Waals surface area contributed by atoms with E-state index >= 15 is 0 Å². The summed E-state index contributed by atoms with van der Waals surface area (Å²) in [6.45, 7) is 0.423. The summed E-state index contributed by atoms with van der Waals surface area (Å²) in [5, 5.41) is 8.47. The molecule has 0 heterocycles. The zero-order valence-corrected chi connectivity index (χ0v) is 19.3. The first-order chi connectivity index (χ1) is 17.2. The second-order valence-corrected chi connectivity index (χ2v) is 8.06. The molecule has 0 saturated carbocycles. The van der Waals surface area contributed by atoms with Gasteiger partial charge in [-0.1, -0.05) is 78.9 Å². The number of ether oxygens (including phenoxy) is 2. The molecule has 0 aliphatic rings. The van der Waals surface area contributed by atoms with Gasteiger partial charge in [0, 0.05) is 5.56 Å². The zero-order valence-electron chi connectivity index (χ0n) is 19.3. The summed E-state index contributed by atoms with van der Waals surface area (Å²) in [5.41, 5.74) is 4.89. The van der Waals surface area contributed by atoms with Crippen molar-refractivity contribution in [1.29, 1.82) is 0 Å². The molecule has 0 unspecified atom stereocenters. The van der Waals surface area contributed by atoms with Gasteiger partial charge >= 0.3 is 0 Å². The average Bonchev–Trinajstić information content (AvgIpc) is 2.91. The lowest BCUT2D eigenvalue weighted by molar-refractivity contribution is 0.0952. The fourth-order valence-corrected chi connectivity index (χ4v) is 4.08. The number of methoxy groups -OCH3 is 1. The van der Waals surface area contributed by atoms with E-state index in [4.69, 9.17) is 9.47 Å². The van der Waals surface area contributed by atoms with Crippen molar-refractivity contribution < 1.29 is 14.3 Å². The van der Waals surface area contributed by atoms with Gasteiger partial charge < -0.3 is 9.47 Å². The van der Waals surface area contributed by atoms with E-state index < -0.39 is 0 Å². The van der Waals surface area contributed by atoms with Crippen molar-refractivity contribution in [1.82, 2.24) is 5.43 Å². The molecule has 1 N–H and O–H groups in total. The first-order valence-electron chi connectivity index (χ1n) is 11.3. The van der Waals surface area contributed by atoms with Gasteiger partial charge in [-0.15, -0.1) is 0 Å². The Balaban J connectivity index is 1.31. The maximum Gasteiger partial charge on any atom is 0.275 e. The minimum absolute atomic E-state index is 0.349. The van der Waals surface area contributed by atoms with E-state index in [2.05, 4.69) is 34.8 Å². The maximum absolute atomic E-state index is 12.8. The number of carbonyl (C=O) groups excluding carboxylic acids is 1. The Morgan fingerprint density at radius 1 is 0.800 bits per heavy atom. The molecule has 0 bridgehead atoms.